The highest BCUT2D eigenvalue weighted by Crippen LogP contribution is 2.28. The predicted molar refractivity (Wildman–Crippen MR) is 78.5 cm³/mol. The number of anilines is 2. The van der Waals surface area contributed by atoms with Crippen LogP contribution >= 0.6 is 0 Å². The third-order valence-corrected chi connectivity index (χ3v) is 3.02. The van der Waals surface area contributed by atoms with E-state index < -0.39 is 5.97 Å². The molecule has 2 N–H and O–H groups in total. The molecule has 0 unspecified atom stereocenters. The second-order valence-corrected chi connectivity index (χ2v) is 4.45. The molecule has 0 radical (unpaired) electrons. The number of aromatic nitrogens is 1. The van der Waals surface area contributed by atoms with E-state index in [1.165, 1.54) is 7.11 Å². The first kappa shape index (κ1) is 13.9. The van der Waals surface area contributed by atoms with Gasteiger partial charge in [0.05, 0.1) is 24.0 Å². The molecule has 0 aliphatic carbocycles. The van der Waals surface area contributed by atoms with E-state index in [0.29, 0.717) is 23.5 Å². The van der Waals surface area contributed by atoms with Gasteiger partial charge in [0, 0.05) is 26.0 Å². The van der Waals surface area contributed by atoms with Crippen molar-refractivity contribution in [3.05, 3.63) is 53.9 Å². The van der Waals surface area contributed by atoms with Gasteiger partial charge in [-0.1, -0.05) is 6.07 Å². The normalized spacial score (nSPS) is 10.1. The van der Waals surface area contributed by atoms with Crippen molar-refractivity contribution in [1.29, 1.82) is 0 Å². The molecule has 0 fully saturated rings. The molecular formula is C15H17N3O2. The summed E-state index contributed by atoms with van der Waals surface area (Å²) in [5, 5.41) is 0. The summed E-state index contributed by atoms with van der Waals surface area (Å²) in [7, 11) is 3.25. The molecule has 0 bridgehead atoms. The van der Waals surface area contributed by atoms with E-state index in [4.69, 9.17) is 10.5 Å². The Bertz CT molecular complexity index is 599. The van der Waals surface area contributed by atoms with Crippen LogP contribution in [-0.4, -0.2) is 25.1 Å². The van der Waals surface area contributed by atoms with Gasteiger partial charge in [-0.3, -0.25) is 4.98 Å². The Kier molecular flexibility index (Phi) is 4.20. The van der Waals surface area contributed by atoms with E-state index >= 15 is 0 Å². The third-order valence-electron chi connectivity index (χ3n) is 3.02. The largest absolute Gasteiger partial charge is 0.465 e. The number of nitrogen functional groups attached to an aromatic ring is 1. The molecule has 0 atom stereocenters. The van der Waals surface area contributed by atoms with E-state index in [2.05, 4.69) is 4.98 Å². The molecule has 1 aromatic heterocycles. The zero-order chi connectivity index (χ0) is 14.5. The van der Waals surface area contributed by atoms with Crippen molar-refractivity contribution >= 4 is 17.3 Å². The summed E-state index contributed by atoms with van der Waals surface area (Å²) < 4.78 is 4.80. The SMILES string of the molecule is COC(=O)c1cccc(N)c1N(C)Cc1ccncc1. The second-order valence-electron chi connectivity index (χ2n) is 4.45. The first-order valence-electron chi connectivity index (χ1n) is 6.20. The van der Waals surface area contributed by atoms with Crippen LogP contribution in [-0.2, 0) is 11.3 Å². The zero-order valence-electron chi connectivity index (χ0n) is 11.5. The predicted octanol–water partition coefficient (Wildman–Crippen LogP) is 2.09. The van der Waals surface area contributed by atoms with E-state index in [1.54, 1.807) is 30.6 Å². The first-order valence-corrected chi connectivity index (χ1v) is 6.20. The van der Waals surface area contributed by atoms with Gasteiger partial charge in [0.25, 0.3) is 0 Å². The number of methoxy groups -OCH3 is 1. The van der Waals surface area contributed by atoms with E-state index in [-0.39, 0.29) is 0 Å². The minimum absolute atomic E-state index is 0.395. The van der Waals surface area contributed by atoms with Crippen molar-refractivity contribution in [2.24, 2.45) is 0 Å². The van der Waals surface area contributed by atoms with Gasteiger partial charge in [-0.25, -0.2) is 4.79 Å². The van der Waals surface area contributed by atoms with E-state index in [9.17, 15) is 4.79 Å². The third kappa shape index (κ3) is 2.88. The molecule has 2 aromatic rings. The van der Waals surface area contributed by atoms with Crippen molar-refractivity contribution < 1.29 is 9.53 Å². The lowest BCUT2D eigenvalue weighted by molar-refractivity contribution is 0.0601. The van der Waals surface area contributed by atoms with Crippen LogP contribution in [0.2, 0.25) is 0 Å². The highest BCUT2D eigenvalue weighted by molar-refractivity contribution is 5.99. The number of nitrogens with zero attached hydrogens (tertiary/aromatic N) is 2. The van der Waals surface area contributed by atoms with Crippen LogP contribution in [0.1, 0.15) is 15.9 Å². The number of pyridine rings is 1. The number of rotatable bonds is 4. The fourth-order valence-corrected chi connectivity index (χ4v) is 2.10. The van der Waals surface area contributed by atoms with Gasteiger partial charge in [-0.05, 0) is 29.8 Å². The number of benzene rings is 1. The minimum atomic E-state index is -0.395. The van der Waals surface area contributed by atoms with E-state index in [0.717, 1.165) is 5.56 Å². The number of esters is 1. The standard InChI is InChI=1S/C15H17N3O2/c1-18(10-11-6-8-17-9-7-11)14-12(15(19)20-2)4-3-5-13(14)16/h3-9H,10,16H2,1-2H3. The van der Waals surface area contributed by atoms with Crippen LogP contribution in [0.3, 0.4) is 0 Å². The fraction of sp³-hybridized carbons (Fsp3) is 0.200. The lowest BCUT2D eigenvalue weighted by Gasteiger charge is -2.23. The Morgan fingerprint density at radius 1 is 1.30 bits per heavy atom. The smallest absolute Gasteiger partial charge is 0.340 e. The Morgan fingerprint density at radius 2 is 2.00 bits per heavy atom. The fourth-order valence-electron chi connectivity index (χ4n) is 2.10. The molecule has 2 rings (SSSR count). The van der Waals surface area contributed by atoms with E-state index in [1.807, 2.05) is 24.1 Å². The molecule has 1 heterocycles. The summed E-state index contributed by atoms with van der Waals surface area (Å²) in [6.07, 6.45) is 3.47. The topological polar surface area (TPSA) is 68.5 Å². The minimum Gasteiger partial charge on any atom is -0.465 e. The summed E-state index contributed by atoms with van der Waals surface area (Å²) >= 11 is 0. The Morgan fingerprint density at radius 3 is 2.65 bits per heavy atom. The van der Waals surface area contributed by atoms with Gasteiger partial charge in [0.2, 0.25) is 0 Å². The quantitative estimate of drug-likeness (QED) is 0.681. The van der Waals surface area contributed by atoms with Crippen molar-refractivity contribution in [2.75, 3.05) is 24.8 Å². The van der Waals surface area contributed by atoms with Gasteiger partial charge >= 0.3 is 5.97 Å². The summed E-state index contributed by atoms with van der Waals surface area (Å²) in [6.45, 7) is 0.626. The molecular weight excluding hydrogens is 254 g/mol. The molecule has 0 aliphatic heterocycles. The van der Waals surface area contributed by atoms with Crippen molar-refractivity contribution in [1.82, 2.24) is 4.98 Å². The van der Waals surface area contributed by atoms with Crippen molar-refractivity contribution in [3.63, 3.8) is 0 Å². The maximum absolute atomic E-state index is 11.8. The van der Waals surface area contributed by atoms with Crippen LogP contribution < -0.4 is 10.6 Å². The van der Waals surface area contributed by atoms with Gasteiger partial charge < -0.3 is 15.4 Å². The molecule has 0 amide bonds. The maximum atomic E-state index is 11.8. The number of hydrogen-bond donors (Lipinski definition) is 1. The van der Waals surface area contributed by atoms with Crippen LogP contribution in [0.15, 0.2) is 42.7 Å². The number of para-hydroxylation sites is 1. The van der Waals surface area contributed by atoms with Crippen LogP contribution in [0.5, 0.6) is 0 Å². The van der Waals surface area contributed by atoms with Crippen LogP contribution in [0.4, 0.5) is 11.4 Å². The van der Waals surface area contributed by atoms with Gasteiger partial charge in [0.15, 0.2) is 0 Å². The molecule has 5 nitrogen and oxygen atoms in total. The van der Waals surface area contributed by atoms with Gasteiger partial charge in [-0.2, -0.15) is 0 Å². The van der Waals surface area contributed by atoms with Gasteiger partial charge in [-0.15, -0.1) is 0 Å². The number of carbonyl (C=O) groups excluding carboxylic acids is 1. The van der Waals surface area contributed by atoms with Crippen LogP contribution in [0, 0.1) is 0 Å². The molecule has 0 saturated carbocycles. The molecule has 0 aliphatic rings. The molecule has 20 heavy (non-hydrogen) atoms. The number of nitrogens with two attached hydrogens (primary N) is 1. The maximum Gasteiger partial charge on any atom is 0.340 e. The Balaban J connectivity index is 2.34. The summed E-state index contributed by atoms with van der Waals surface area (Å²) in [5.74, 6) is -0.395. The zero-order valence-corrected chi connectivity index (χ0v) is 11.5. The molecule has 104 valence electrons. The Hall–Kier alpha value is -2.56. The summed E-state index contributed by atoms with van der Waals surface area (Å²) in [6, 6.07) is 9.07. The molecule has 0 spiro atoms. The monoisotopic (exact) mass is 271 g/mol. The second kappa shape index (κ2) is 6.06. The molecule has 5 heteroatoms. The highest BCUT2D eigenvalue weighted by Gasteiger charge is 2.17. The van der Waals surface area contributed by atoms with Crippen molar-refractivity contribution in [2.45, 2.75) is 6.54 Å². The summed E-state index contributed by atoms with van der Waals surface area (Å²) in [4.78, 5) is 17.7. The first-order chi connectivity index (χ1) is 9.63. The number of carbonyl (C=O) groups is 1. The highest BCUT2D eigenvalue weighted by atomic mass is 16.5. The number of hydrogen-bond acceptors (Lipinski definition) is 5. The molecule has 1 aromatic carbocycles. The average molecular weight is 271 g/mol. The number of ether oxygens (including phenoxy) is 1. The lowest BCUT2D eigenvalue weighted by atomic mass is 10.1. The lowest BCUT2D eigenvalue weighted by Crippen LogP contribution is -2.21. The van der Waals surface area contributed by atoms with Gasteiger partial charge in [0.1, 0.15) is 0 Å². The van der Waals surface area contributed by atoms with Crippen LogP contribution in [0.25, 0.3) is 0 Å². The Labute approximate surface area is 118 Å². The average Bonchev–Trinajstić information content (AvgIpc) is 2.47. The van der Waals surface area contributed by atoms with Crippen molar-refractivity contribution in [3.8, 4) is 0 Å². The molecule has 0 saturated heterocycles. The summed E-state index contributed by atoms with van der Waals surface area (Å²) in [5.41, 5.74) is 8.78.